The van der Waals surface area contributed by atoms with Crippen molar-refractivity contribution in [2.75, 3.05) is 13.1 Å². The Morgan fingerprint density at radius 1 is 1.06 bits per heavy atom. The molecule has 0 bridgehead atoms. The number of hydrogen-bond donors (Lipinski definition) is 2. The van der Waals surface area contributed by atoms with E-state index in [1.165, 1.54) is 11.6 Å². The minimum Gasteiger partial charge on any atom is -0.362 e. The zero-order valence-electron chi connectivity index (χ0n) is 18.1. The van der Waals surface area contributed by atoms with E-state index in [1.807, 2.05) is 25.3 Å². The number of aromatic nitrogens is 2. The Hall–Kier alpha value is -3.25. The summed E-state index contributed by atoms with van der Waals surface area (Å²) in [5.74, 6) is -0.219. The average molecular weight is 447 g/mol. The van der Waals surface area contributed by atoms with Gasteiger partial charge in [0.1, 0.15) is 5.82 Å². The van der Waals surface area contributed by atoms with E-state index in [4.69, 9.17) is 12.2 Å². The van der Waals surface area contributed by atoms with Gasteiger partial charge in [-0.1, -0.05) is 36.4 Å². The first-order valence-electron chi connectivity index (χ1n) is 10.8. The van der Waals surface area contributed by atoms with E-state index < -0.39 is 0 Å². The lowest BCUT2D eigenvalue weighted by Crippen LogP contribution is -2.41. The second kappa shape index (κ2) is 10.4. The number of H-pyrrole nitrogens is 1. The van der Waals surface area contributed by atoms with E-state index in [0.717, 1.165) is 53.7 Å². The molecule has 0 saturated heterocycles. The first-order chi connectivity index (χ1) is 15.6. The Kier molecular flexibility index (Phi) is 7.12. The Bertz CT molecular complexity index is 1170. The van der Waals surface area contributed by atoms with Crippen LogP contribution < -0.4 is 5.32 Å². The van der Waals surface area contributed by atoms with Crippen molar-refractivity contribution in [1.29, 1.82) is 0 Å². The zero-order valence-corrected chi connectivity index (χ0v) is 19.0. The summed E-state index contributed by atoms with van der Waals surface area (Å²) in [6, 6.07) is 19.3. The van der Waals surface area contributed by atoms with Crippen LogP contribution in [0.1, 0.15) is 22.4 Å². The molecule has 2 aromatic carbocycles. The maximum absolute atomic E-state index is 13.9. The van der Waals surface area contributed by atoms with Gasteiger partial charge in [-0.3, -0.25) is 4.98 Å². The van der Waals surface area contributed by atoms with Crippen LogP contribution in [0.5, 0.6) is 0 Å². The maximum Gasteiger partial charge on any atom is 0.169 e. The second-order valence-electron chi connectivity index (χ2n) is 7.92. The normalized spacial score (nSPS) is 10.9. The molecule has 0 fully saturated rings. The van der Waals surface area contributed by atoms with Crippen molar-refractivity contribution in [3.8, 4) is 0 Å². The number of nitrogens with one attached hydrogen (secondary N) is 2. The van der Waals surface area contributed by atoms with Gasteiger partial charge in [-0.25, -0.2) is 4.39 Å². The predicted molar refractivity (Wildman–Crippen MR) is 132 cm³/mol. The van der Waals surface area contributed by atoms with Crippen LogP contribution in [0.25, 0.3) is 10.9 Å². The first-order valence-corrected chi connectivity index (χ1v) is 11.2. The molecule has 4 aromatic rings. The van der Waals surface area contributed by atoms with Crippen LogP contribution in [0.15, 0.2) is 73.1 Å². The third-order valence-corrected chi connectivity index (χ3v) is 6.03. The van der Waals surface area contributed by atoms with E-state index >= 15 is 0 Å². The van der Waals surface area contributed by atoms with E-state index in [1.54, 1.807) is 18.3 Å². The van der Waals surface area contributed by atoms with Crippen LogP contribution in [0, 0.1) is 12.7 Å². The molecule has 32 heavy (non-hydrogen) atoms. The average Bonchev–Trinajstić information content (AvgIpc) is 3.12. The second-order valence-corrected chi connectivity index (χ2v) is 8.31. The minimum absolute atomic E-state index is 0.219. The van der Waals surface area contributed by atoms with Crippen molar-refractivity contribution in [2.45, 2.75) is 26.3 Å². The van der Waals surface area contributed by atoms with Crippen LogP contribution in [0.2, 0.25) is 0 Å². The summed E-state index contributed by atoms with van der Waals surface area (Å²) in [6.45, 7) is 4.19. The molecular weight excluding hydrogens is 419 g/mol. The fraction of sp³-hybridized carbons (Fsp3) is 0.231. The highest BCUT2D eigenvalue weighted by molar-refractivity contribution is 7.80. The summed E-state index contributed by atoms with van der Waals surface area (Å²) in [5.41, 5.74) is 5.53. The number of aromatic amines is 1. The number of benzene rings is 2. The molecule has 2 heterocycles. The quantitative estimate of drug-likeness (QED) is 0.367. The number of thiocarbonyl (C=S) groups is 1. The van der Waals surface area contributed by atoms with Crippen LogP contribution in [-0.4, -0.2) is 33.1 Å². The van der Waals surface area contributed by atoms with Crippen molar-refractivity contribution >= 4 is 28.2 Å². The van der Waals surface area contributed by atoms with Crippen LogP contribution in [-0.2, 0) is 19.4 Å². The summed E-state index contributed by atoms with van der Waals surface area (Å²) in [4.78, 5) is 9.76. The third kappa shape index (κ3) is 5.51. The van der Waals surface area contributed by atoms with E-state index in [2.05, 4.69) is 50.5 Å². The molecule has 0 spiro atoms. The molecular formula is C26H27FN4S. The highest BCUT2D eigenvalue weighted by Gasteiger charge is 2.14. The molecule has 0 aliphatic rings. The molecule has 0 saturated carbocycles. The van der Waals surface area contributed by atoms with Gasteiger partial charge < -0.3 is 15.2 Å². The number of rotatable bonds is 8. The highest BCUT2D eigenvalue weighted by Crippen LogP contribution is 2.24. The molecule has 0 atom stereocenters. The van der Waals surface area contributed by atoms with E-state index in [9.17, 15) is 4.39 Å². The lowest BCUT2D eigenvalue weighted by molar-refractivity contribution is 0.409. The monoisotopic (exact) mass is 446 g/mol. The van der Waals surface area contributed by atoms with E-state index in [-0.39, 0.29) is 5.82 Å². The van der Waals surface area contributed by atoms with Gasteiger partial charge in [0.05, 0.1) is 0 Å². The van der Waals surface area contributed by atoms with Gasteiger partial charge in [0.25, 0.3) is 0 Å². The fourth-order valence-corrected chi connectivity index (χ4v) is 4.22. The lowest BCUT2D eigenvalue weighted by Gasteiger charge is -2.26. The zero-order chi connectivity index (χ0) is 22.3. The summed E-state index contributed by atoms with van der Waals surface area (Å²) < 4.78 is 13.9. The molecule has 0 aliphatic carbocycles. The Morgan fingerprint density at radius 3 is 2.66 bits per heavy atom. The lowest BCUT2D eigenvalue weighted by atomic mass is 10.1. The fourth-order valence-electron chi connectivity index (χ4n) is 3.96. The van der Waals surface area contributed by atoms with Crippen molar-refractivity contribution in [3.05, 3.63) is 101 Å². The highest BCUT2D eigenvalue weighted by atomic mass is 32.1. The van der Waals surface area contributed by atoms with Crippen molar-refractivity contribution < 1.29 is 4.39 Å². The maximum atomic E-state index is 13.9. The minimum atomic E-state index is -0.219. The Balaban J connectivity index is 1.46. The van der Waals surface area contributed by atoms with Gasteiger partial charge in [0.15, 0.2) is 5.11 Å². The molecule has 0 unspecified atom stereocenters. The summed E-state index contributed by atoms with van der Waals surface area (Å²) in [5, 5.41) is 5.06. The molecule has 164 valence electrons. The van der Waals surface area contributed by atoms with Crippen LogP contribution >= 0.6 is 12.2 Å². The molecule has 4 nitrogen and oxygen atoms in total. The van der Waals surface area contributed by atoms with Gasteiger partial charge in [0, 0.05) is 48.6 Å². The summed E-state index contributed by atoms with van der Waals surface area (Å²) in [6.07, 6.45) is 5.30. The Morgan fingerprint density at radius 2 is 1.88 bits per heavy atom. The Labute approximate surface area is 193 Å². The number of aryl methyl sites for hydroxylation is 1. The van der Waals surface area contributed by atoms with Crippen LogP contribution in [0.4, 0.5) is 4.39 Å². The van der Waals surface area contributed by atoms with Gasteiger partial charge in [-0.2, -0.15) is 0 Å². The number of fused-ring (bicyclic) bond motifs is 1. The van der Waals surface area contributed by atoms with Crippen molar-refractivity contribution in [1.82, 2.24) is 20.2 Å². The molecule has 0 aliphatic heterocycles. The molecule has 0 radical (unpaired) electrons. The van der Waals surface area contributed by atoms with E-state index in [0.29, 0.717) is 11.7 Å². The van der Waals surface area contributed by atoms with Crippen LogP contribution in [0.3, 0.4) is 0 Å². The SMILES string of the molecule is Cc1[nH]c2ccc(F)cc2c1CCN(Cc1cccnc1)C(=S)NCCc1ccccc1. The summed E-state index contributed by atoms with van der Waals surface area (Å²) in [7, 11) is 0. The van der Waals surface area contributed by atoms with Gasteiger partial charge in [-0.05, 0) is 72.9 Å². The standard InChI is InChI=1S/C26H27FN4S/c1-19-23(24-16-22(27)9-10-25(24)30-19)12-15-31(18-21-8-5-13-28-17-21)26(32)29-14-11-20-6-3-2-4-7-20/h2-10,13,16-17,30H,11-12,14-15,18H2,1H3,(H,29,32). The number of pyridine rings is 1. The molecule has 2 N–H and O–H groups in total. The molecule has 6 heteroatoms. The number of hydrogen-bond acceptors (Lipinski definition) is 2. The number of nitrogens with zero attached hydrogens (tertiary/aromatic N) is 2. The number of halogens is 1. The van der Waals surface area contributed by atoms with Gasteiger partial charge in [0.2, 0.25) is 0 Å². The summed E-state index contributed by atoms with van der Waals surface area (Å²) >= 11 is 5.76. The molecule has 4 rings (SSSR count). The topological polar surface area (TPSA) is 44.0 Å². The largest absolute Gasteiger partial charge is 0.362 e. The third-order valence-electron chi connectivity index (χ3n) is 5.63. The first kappa shape index (κ1) is 22.0. The molecule has 2 aromatic heterocycles. The predicted octanol–water partition coefficient (Wildman–Crippen LogP) is 5.17. The smallest absolute Gasteiger partial charge is 0.169 e. The van der Waals surface area contributed by atoms with Gasteiger partial charge in [-0.15, -0.1) is 0 Å². The molecule has 0 amide bonds. The van der Waals surface area contributed by atoms with Crippen molar-refractivity contribution in [3.63, 3.8) is 0 Å². The van der Waals surface area contributed by atoms with Gasteiger partial charge >= 0.3 is 0 Å². The van der Waals surface area contributed by atoms with Crippen molar-refractivity contribution in [2.24, 2.45) is 0 Å².